The molecule has 0 aromatic heterocycles. The minimum atomic E-state index is -1.63. The number of amides is 1. The Labute approximate surface area is 139 Å². The third-order valence-electron chi connectivity index (χ3n) is 4.16. The molecule has 2 atom stereocenters. The molecule has 0 unspecified atom stereocenters. The van der Waals surface area contributed by atoms with Gasteiger partial charge in [-0.2, -0.15) is 0 Å². The van der Waals surface area contributed by atoms with E-state index in [9.17, 15) is 22.8 Å². The van der Waals surface area contributed by atoms with Crippen LogP contribution in [0, 0.1) is 29.3 Å². The summed E-state index contributed by atoms with van der Waals surface area (Å²) in [6.07, 6.45) is 0.161. The molecule has 0 heterocycles. The molecule has 0 spiro atoms. The fourth-order valence-electron chi connectivity index (χ4n) is 2.16. The van der Waals surface area contributed by atoms with Crippen LogP contribution in [0.5, 0.6) is 0 Å². The standard InChI is InChI=1S/C17H22F3NO3/c1-9(2)10(3)6-14(22)21(4)16(17(23)24-5)11-7-12(18)15(20)13(19)8-11/h7-10,16H,6H2,1-5H3/t10-,16-/m1/s1. The van der Waals surface area contributed by atoms with Gasteiger partial charge < -0.3 is 9.64 Å². The molecule has 0 saturated carbocycles. The summed E-state index contributed by atoms with van der Waals surface area (Å²) in [7, 11) is 2.44. The summed E-state index contributed by atoms with van der Waals surface area (Å²) < 4.78 is 44.7. The molecule has 24 heavy (non-hydrogen) atoms. The van der Waals surface area contributed by atoms with Gasteiger partial charge in [-0.15, -0.1) is 0 Å². The van der Waals surface area contributed by atoms with Crippen LogP contribution < -0.4 is 0 Å². The normalized spacial score (nSPS) is 13.5. The molecule has 4 nitrogen and oxygen atoms in total. The van der Waals surface area contributed by atoms with Gasteiger partial charge >= 0.3 is 5.97 Å². The third kappa shape index (κ3) is 4.49. The molecule has 0 aliphatic heterocycles. The van der Waals surface area contributed by atoms with Crippen LogP contribution in [0.25, 0.3) is 0 Å². The van der Waals surface area contributed by atoms with Crippen LogP contribution in [0.2, 0.25) is 0 Å². The Bertz CT molecular complexity index is 596. The van der Waals surface area contributed by atoms with Crippen molar-refractivity contribution in [3.63, 3.8) is 0 Å². The summed E-state index contributed by atoms with van der Waals surface area (Å²) in [6, 6.07) is 0.0251. The van der Waals surface area contributed by atoms with Crippen molar-refractivity contribution < 1.29 is 27.5 Å². The Hall–Kier alpha value is -2.05. The monoisotopic (exact) mass is 345 g/mol. The van der Waals surface area contributed by atoms with E-state index in [-0.39, 0.29) is 29.7 Å². The Morgan fingerprint density at radius 1 is 1.12 bits per heavy atom. The van der Waals surface area contributed by atoms with Gasteiger partial charge in [0.15, 0.2) is 23.5 Å². The predicted octanol–water partition coefficient (Wildman–Crippen LogP) is 3.46. The number of halogens is 3. The van der Waals surface area contributed by atoms with E-state index in [0.29, 0.717) is 12.1 Å². The average Bonchev–Trinajstić information content (AvgIpc) is 2.51. The molecule has 1 amide bonds. The fourth-order valence-corrected chi connectivity index (χ4v) is 2.16. The Morgan fingerprint density at radius 3 is 2.04 bits per heavy atom. The number of likely N-dealkylation sites (N-methyl/N-ethyl adjacent to an activating group) is 1. The largest absolute Gasteiger partial charge is 0.467 e. The lowest BCUT2D eigenvalue weighted by atomic mass is 9.93. The van der Waals surface area contributed by atoms with Crippen molar-refractivity contribution in [1.82, 2.24) is 4.90 Å². The van der Waals surface area contributed by atoms with Crippen LogP contribution in [-0.4, -0.2) is 30.9 Å². The highest BCUT2D eigenvalue weighted by molar-refractivity contribution is 5.85. The summed E-state index contributed by atoms with van der Waals surface area (Å²) in [5.41, 5.74) is -0.189. The zero-order valence-electron chi connectivity index (χ0n) is 14.4. The maximum atomic E-state index is 13.5. The van der Waals surface area contributed by atoms with Crippen LogP contribution in [0.15, 0.2) is 12.1 Å². The minimum absolute atomic E-state index is 0.0555. The first-order chi connectivity index (χ1) is 11.1. The molecule has 0 bridgehead atoms. The number of carbonyl (C=O) groups excluding carboxylic acids is 2. The first-order valence-electron chi connectivity index (χ1n) is 7.58. The van der Waals surface area contributed by atoms with Crippen LogP contribution in [-0.2, 0) is 14.3 Å². The molecule has 0 saturated heterocycles. The number of methoxy groups -OCH3 is 1. The number of ether oxygens (including phenoxy) is 1. The van der Waals surface area contributed by atoms with E-state index >= 15 is 0 Å². The number of nitrogens with zero attached hydrogens (tertiary/aromatic N) is 1. The van der Waals surface area contributed by atoms with Gasteiger partial charge in [0, 0.05) is 13.5 Å². The first kappa shape index (κ1) is 20.0. The van der Waals surface area contributed by atoms with Gasteiger partial charge in [0.05, 0.1) is 7.11 Å². The van der Waals surface area contributed by atoms with E-state index in [1.165, 1.54) is 7.05 Å². The van der Waals surface area contributed by atoms with E-state index in [2.05, 4.69) is 4.74 Å². The number of carbonyl (C=O) groups is 2. The van der Waals surface area contributed by atoms with Gasteiger partial charge in [-0.1, -0.05) is 20.8 Å². The minimum Gasteiger partial charge on any atom is -0.467 e. The van der Waals surface area contributed by atoms with E-state index in [0.717, 1.165) is 12.0 Å². The number of esters is 1. The quantitative estimate of drug-likeness (QED) is 0.586. The molecule has 0 N–H and O–H groups in total. The highest BCUT2D eigenvalue weighted by Gasteiger charge is 2.32. The highest BCUT2D eigenvalue weighted by atomic mass is 19.2. The van der Waals surface area contributed by atoms with Crippen molar-refractivity contribution in [3.05, 3.63) is 35.1 Å². The van der Waals surface area contributed by atoms with E-state index in [4.69, 9.17) is 0 Å². The van der Waals surface area contributed by atoms with Gasteiger partial charge in [-0.05, 0) is 29.5 Å². The molecule has 0 aliphatic rings. The molecule has 134 valence electrons. The smallest absolute Gasteiger partial charge is 0.333 e. The van der Waals surface area contributed by atoms with Crippen molar-refractivity contribution in [2.24, 2.45) is 11.8 Å². The molecule has 1 rings (SSSR count). The highest BCUT2D eigenvalue weighted by Crippen LogP contribution is 2.26. The molecule has 0 aliphatic carbocycles. The lowest BCUT2D eigenvalue weighted by Crippen LogP contribution is -2.37. The topological polar surface area (TPSA) is 46.6 Å². The van der Waals surface area contributed by atoms with Crippen molar-refractivity contribution in [2.75, 3.05) is 14.2 Å². The fraction of sp³-hybridized carbons (Fsp3) is 0.529. The molecule has 0 fully saturated rings. The first-order valence-corrected chi connectivity index (χ1v) is 7.58. The number of hydrogen-bond donors (Lipinski definition) is 0. The number of benzene rings is 1. The second-order valence-electron chi connectivity index (χ2n) is 6.15. The molecule has 1 aromatic rings. The molecule has 0 radical (unpaired) electrons. The van der Waals surface area contributed by atoms with Crippen molar-refractivity contribution in [1.29, 1.82) is 0 Å². The van der Waals surface area contributed by atoms with E-state index in [1.807, 2.05) is 20.8 Å². The SMILES string of the molecule is COC(=O)[C@@H](c1cc(F)c(F)c(F)c1)N(C)C(=O)C[C@@H](C)C(C)C. The molecule has 7 heteroatoms. The van der Waals surface area contributed by atoms with Crippen LogP contribution in [0.4, 0.5) is 13.2 Å². The number of rotatable bonds is 6. The van der Waals surface area contributed by atoms with Crippen LogP contribution >= 0.6 is 0 Å². The Kier molecular flexibility index (Phi) is 6.81. The average molecular weight is 345 g/mol. The van der Waals surface area contributed by atoms with Crippen LogP contribution in [0.1, 0.15) is 38.8 Å². The van der Waals surface area contributed by atoms with Crippen molar-refractivity contribution >= 4 is 11.9 Å². The van der Waals surface area contributed by atoms with Crippen molar-refractivity contribution in [2.45, 2.75) is 33.2 Å². The number of hydrogen-bond acceptors (Lipinski definition) is 3. The Balaban J connectivity index is 3.18. The molecular weight excluding hydrogens is 323 g/mol. The second kappa shape index (κ2) is 8.17. The maximum absolute atomic E-state index is 13.5. The van der Waals surface area contributed by atoms with Gasteiger partial charge in [0.1, 0.15) is 0 Å². The maximum Gasteiger partial charge on any atom is 0.333 e. The van der Waals surface area contributed by atoms with Crippen molar-refractivity contribution in [3.8, 4) is 0 Å². The summed E-state index contributed by atoms with van der Waals surface area (Å²) in [5.74, 6) is -5.44. The van der Waals surface area contributed by atoms with Gasteiger partial charge in [0.25, 0.3) is 0 Å². The van der Waals surface area contributed by atoms with Gasteiger partial charge in [-0.3, -0.25) is 4.79 Å². The molecule has 1 aromatic carbocycles. The Morgan fingerprint density at radius 2 is 1.62 bits per heavy atom. The van der Waals surface area contributed by atoms with E-state index < -0.39 is 29.5 Å². The summed E-state index contributed by atoms with van der Waals surface area (Å²) in [4.78, 5) is 25.5. The zero-order valence-corrected chi connectivity index (χ0v) is 14.4. The van der Waals surface area contributed by atoms with Crippen LogP contribution in [0.3, 0.4) is 0 Å². The second-order valence-corrected chi connectivity index (χ2v) is 6.15. The molecular formula is C17H22F3NO3. The predicted molar refractivity (Wildman–Crippen MR) is 82.5 cm³/mol. The lowest BCUT2D eigenvalue weighted by molar-refractivity contribution is -0.152. The van der Waals surface area contributed by atoms with Gasteiger partial charge in [-0.25, -0.2) is 18.0 Å². The summed E-state index contributed by atoms with van der Waals surface area (Å²) in [6.45, 7) is 5.81. The van der Waals surface area contributed by atoms with Gasteiger partial charge in [0.2, 0.25) is 5.91 Å². The van der Waals surface area contributed by atoms with E-state index in [1.54, 1.807) is 0 Å². The summed E-state index contributed by atoms with van der Waals surface area (Å²) >= 11 is 0. The summed E-state index contributed by atoms with van der Waals surface area (Å²) in [5, 5.41) is 0. The lowest BCUT2D eigenvalue weighted by Gasteiger charge is -2.28. The zero-order chi connectivity index (χ0) is 18.6. The third-order valence-corrected chi connectivity index (χ3v) is 4.16.